The van der Waals surface area contributed by atoms with Gasteiger partial charge in [-0.3, -0.25) is 0 Å². The molecule has 73 heavy (non-hydrogen) atoms. The van der Waals surface area contributed by atoms with Crippen molar-refractivity contribution < 1.29 is 0 Å². The smallest absolute Gasteiger partial charge is 0.0620 e. The average Bonchev–Trinajstić information content (AvgIpc) is 3.82. The molecule has 0 spiro atoms. The van der Waals surface area contributed by atoms with Crippen molar-refractivity contribution in [2.24, 2.45) is 0 Å². The molecule has 0 bridgehead atoms. The summed E-state index contributed by atoms with van der Waals surface area (Å²) in [6.07, 6.45) is 0. The molecular weight excluding hydrogens is 883 g/mol. The molecule has 1 aromatic heterocycles. The van der Waals surface area contributed by atoms with Crippen LogP contribution in [0.5, 0.6) is 0 Å². The summed E-state index contributed by atoms with van der Waals surface area (Å²) in [7, 11) is 0. The molecule has 0 amide bonds. The first-order valence-electron chi connectivity index (χ1n) is 25.0. The molecule has 344 valence electrons. The lowest BCUT2D eigenvalue weighted by molar-refractivity contribution is 1.14. The number of hydrogen-bond donors (Lipinski definition) is 0. The normalized spacial score (nSPS) is 11.3. The van der Waals surface area contributed by atoms with Crippen LogP contribution in [-0.4, -0.2) is 4.57 Å². The van der Waals surface area contributed by atoms with Crippen molar-refractivity contribution in [1.29, 1.82) is 0 Å². The van der Waals surface area contributed by atoms with Crippen molar-refractivity contribution in [3.8, 4) is 50.3 Å². The molecule has 0 aliphatic heterocycles. The summed E-state index contributed by atoms with van der Waals surface area (Å²) in [6.45, 7) is 0. The van der Waals surface area contributed by atoms with E-state index in [1.807, 2.05) is 0 Å². The third kappa shape index (κ3) is 8.09. The number of hydrogen-bond acceptors (Lipinski definition) is 2. The monoisotopic (exact) mass is 931 g/mol. The SMILES string of the molecule is c1ccc(-c2ccc(N(c3ccc(-c4cc5c(-c6ccccc6)c(-c6ccccc6)n(-c6ccc7ccccc7c6)c5c5ccccc45)cc3)c3ccc(N(c4ccccc4)c4ccccc4)cc3)cc2)cc1. The fourth-order valence-corrected chi connectivity index (χ4v) is 10.7. The summed E-state index contributed by atoms with van der Waals surface area (Å²) in [5.41, 5.74) is 18.3. The summed E-state index contributed by atoms with van der Waals surface area (Å²) >= 11 is 0. The van der Waals surface area contributed by atoms with Crippen LogP contribution in [0, 0.1) is 0 Å². The molecule has 0 N–H and O–H groups in total. The van der Waals surface area contributed by atoms with Gasteiger partial charge in [0, 0.05) is 56.1 Å². The van der Waals surface area contributed by atoms with Gasteiger partial charge >= 0.3 is 0 Å². The summed E-state index contributed by atoms with van der Waals surface area (Å²) in [6, 6.07) is 108. The maximum atomic E-state index is 2.51. The van der Waals surface area contributed by atoms with E-state index >= 15 is 0 Å². The lowest BCUT2D eigenvalue weighted by Crippen LogP contribution is -2.12. The van der Waals surface area contributed by atoms with Gasteiger partial charge < -0.3 is 14.4 Å². The quantitative estimate of drug-likeness (QED) is 0.128. The van der Waals surface area contributed by atoms with Gasteiger partial charge in [-0.2, -0.15) is 0 Å². The second-order valence-corrected chi connectivity index (χ2v) is 18.5. The van der Waals surface area contributed by atoms with E-state index < -0.39 is 0 Å². The molecule has 0 saturated carbocycles. The Balaban J connectivity index is 0.977. The zero-order chi connectivity index (χ0) is 48.5. The highest BCUT2D eigenvalue weighted by Crippen LogP contribution is 2.48. The van der Waals surface area contributed by atoms with Crippen LogP contribution in [0.25, 0.3) is 82.8 Å². The number of fused-ring (bicyclic) bond motifs is 4. The number of anilines is 6. The minimum Gasteiger partial charge on any atom is -0.311 e. The minimum atomic E-state index is 1.06. The number of rotatable bonds is 11. The third-order valence-corrected chi connectivity index (χ3v) is 14.1. The summed E-state index contributed by atoms with van der Waals surface area (Å²) < 4.78 is 2.51. The maximum absolute atomic E-state index is 2.51. The standard InChI is InChI=1S/C70H49N3/c1-6-20-50(21-7-1)52-34-39-59(40-35-52)72(62-46-44-61(45-47-62)71(57-28-12-4-13-29-57)58-30-14-5-15-31-58)60-41-37-53(38-42-60)66-49-67-68(54-23-8-2-9-24-54)69(55-25-10-3-11-26-55)73(70(67)65-33-19-18-32-64(65)66)63-43-36-51-22-16-17-27-56(51)48-63/h1-49H. The van der Waals surface area contributed by atoms with Crippen molar-refractivity contribution in [2.45, 2.75) is 0 Å². The first kappa shape index (κ1) is 43.3. The van der Waals surface area contributed by atoms with Crippen LogP contribution in [0.15, 0.2) is 297 Å². The second-order valence-electron chi connectivity index (χ2n) is 18.5. The maximum Gasteiger partial charge on any atom is 0.0620 e. The Labute approximate surface area is 426 Å². The van der Waals surface area contributed by atoms with Crippen molar-refractivity contribution in [2.75, 3.05) is 9.80 Å². The van der Waals surface area contributed by atoms with E-state index in [1.165, 1.54) is 71.5 Å². The molecule has 0 fully saturated rings. The van der Waals surface area contributed by atoms with Crippen molar-refractivity contribution in [3.63, 3.8) is 0 Å². The first-order chi connectivity index (χ1) is 36.2. The zero-order valence-corrected chi connectivity index (χ0v) is 40.1. The number of nitrogens with zero attached hydrogens (tertiary/aromatic N) is 3. The van der Waals surface area contributed by atoms with Gasteiger partial charge in [-0.1, -0.05) is 206 Å². The van der Waals surface area contributed by atoms with Crippen LogP contribution in [0.2, 0.25) is 0 Å². The Morgan fingerprint density at radius 2 is 0.644 bits per heavy atom. The Morgan fingerprint density at radius 1 is 0.247 bits per heavy atom. The van der Waals surface area contributed by atoms with Crippen LogP contribution in [0.4, 0.5) is 34.1 Å². The van der Waals surface area contributed by atoms with E-state index in [-0.39, 0.29) is 0 Å². The van der Waals surface area contributed by atoms with E-state index in [0.717, 1.165) is 45.4 Å². The Bertz CT molecular complexity index is 3980. The van der Waals surface area contributed by atoms with Crippen molar-refractivity contribution in [3.05, 3.63) is 297 Å². The molecule has 0 radical (unpaired) electrons. The predicted octanol–water partition coefficient (Wildman–Crippen LogP) is 19.5. The van der Waals surface area contributed by atoms with Crippen LogP contribution in [-0.2, 0) is 0 Å². The molecule has 0 atom stereocenters. The molecule has 0 aliphatic rings. The predicted molar refractivity (Wildman–Crippen MR) is 309 cm³/mol. The zero-order valence-electron chi connectivity index (χ0n) is 40.1. The summed E-state index contributed by atoms with van der Waals surface area (Å²) in [5.74, 6) is 0. The topological polar surface area (TPSA) is 11.4 Å². The number of benzene rings is 12. The fraction of sp³-hybridized carbons (Fsp3) is 0. The number of para-hydroxylation sites is 2. The fourth-order valence-electron chi connectivity index (χ4n) is 10.7. The lowest BCUT2D eigenvalue weighted by Gasteiger charge is -2.28. The van der Waals surface area contributed by atoms with E-state index in [1.54, 1.807) is 0 Å². The van der Waals surface area contributed by atoms with Gasteiger partial charge in [0.15, 0.2) is 0 Å². The molecule has 3 nitrogen and oxygen atoms in total. The first-order valence-corrected chi connectivity index (χ1v) is 25.0. The van der Waals surface area contributed by atoms with E-state index in [9.17, 15) is 0 Å². The lowest BCUT2D eigenvalue weighted by atomic mass is 9.92. The molecule has 3 heteroatoms. The van der Waals surface area contributed by atoms with E-state index in [4.69, 9.17) is 0 Å². The molecule has 13 aromatic rings. The highest BCUT2D eigenvalue weighted by molar-refractivity contribution is 6.20. The Morgan fingerprint density at radius 3 is 1.19 bits per heavy atom. The van der Waals surface area contributed by atoms with E-state index in [0.29, 0.717) is 0 Å². The minimum absolute atomic E-state index is 1.06. The largest absolute Gasteiger partial charge is 0.311 e. The van der Waals surface area contributed by atoms with Crippen LogP contribution in [0.3, 0.4) is 0 Å². The van der Waals surface area contributed by atoms with Gasteiger partial charge in [0.25, 0.3) is 0 Å². The molecule has 0 unspecified atom stereocenters. The molecule has 12 aromatic carbocycles. The van der Waals surface area contributed by atoms with Crippen molar-refractivity contribution >= 4 is 66.6 Å². The summed E-state index contributed by atoms with van der Waals surface area (Å²) in [4.78, 5) is 4.67. The molecular formula is C70H49N3. The van der Waals surface area contributed by atoms with Gasteiger partial charge in [0.2, 0.25) is 0 Å². The summed E-state index contributed by atoms with van der Waals surface area (Å²) in [5, 5.41) is 6.04. The van der Waals surface area contributed by atoms with Gasteiger partial charge in [-0.05, 0) is 141 Å². The molecule has 0 saturated heterocycles. The Hall–Kier alpha value is -9.70. The van der Waals surface area contributed by atoms with Crippen LogP contribution < -0.4 is 9.80 Å². The highest BCUT2D eigenvalue weighted by Gasteiger charge is 2.25. The second kappa shape index (κ2) is 18.9. The average molecular weight is 932 g/mol. The molecule has 13 rings (SSSR count). The van der Waals surface area contributed by atoms with Gasteiger partial charge in [-0.25, -0.2) is 0 Å². The highest BCUT2D eigenvalue weighted by atomic mass is 15.2. The number of aromatic nitrogens is 1. The Kier molecular flexibility index (Phi) is 11.2. The van der Waals surface area contributed by atoms with Crippen LogP contribution in [0.1, 0.15) is 0 Å². The van der Waals surface area contributed by atoms with Gasteiger partial charge in [0.1, 0.15) is 0 Å². The third-order valence-electron chi connectivity index (χ3n) is 14.1. The van der Waals surface area contributed by atoms with Gasteiger partial charge in [0.05, 0.1) is 11.2 Å². The molecule has 1 heterocycles. The molecule has 0 aliphatic carbocycles. The van der Waals surface area contributed by atoms with Gasteiger partial charge in [-0.15, -0.1) is 0 Å². The van der Waals surface area contributed by atoms with Crippen molar-refractivity contribution in [1.82, 2.24) is 4.57 Å². The van der Waals surface area contributed by atoms with E-state index in [2.05, 4.69) is 312 Å². The van der Waals surface area contributed by atoms with Crippen LogP contribution >= 0.6 is 0 Å².